The van der Waals surface area contributed by atoms with Crippen molar-refractivity contribution in [1.82, 2.24) is 35.7 Å². The van der Waals surface area contributed by atoms with Crippen LogP contribution in [0.25, 0.3) is 11.3 Å². The summed E-state index contributed by atoms with van der Waals surface area (Å²) in [7, 11) is 0. The van der Waals surface area contributed by atoms with Crippen molar-refractivity contribution in [3.8, 4) is 11.3 Å². The first kappa shape index (κ1) is 45.3. The van der Waals surface area contributed by atoms with E-state index in [1.54, 1.807) is 30.6 Å². The van der Waals surface area contributed by atoms with Crippen LogP contribution in [0, 0.1) is 24.7 Å². The number of hydrogen-bond acceptors (Lipinski definition) is 7. The topological polar surface area (TPSA) is 177 Å². The third-order valence-corrected chi connectivity index (χ3v) is 10.8. The van der Waals surface area contributed by atoms with Gasteiger partial charge in [0.1, 0.15) is 12.1 Å². The number of benzene rings is 2. The minimum Gasteiger partial charge on any atom is -0.465 e. The molecule has 13 heteroatoms. The highest BCUT2D eigenvalue weighted by atomic mass is 16.4. The van der Waals surface area contributed by atoms with Gasteiger partial charge in [-0.05, 0) is 78.8 Å². The highest BCUT2D eigenvalue weighted by Crippen LogP contribution is 2.29. The number of nitrogens with one attached hydrogen (secondary N) is 3. The monoisotopic (exact) mass is 819 g/mol. The molecule has 5 atom stereocenters. The molecule has 320 valence electrons. The maximum absolute atomic E-state index is 14.6. The SMILES string of the molecule is Cc1ccc(-c2ccc(C[C@H](C[C@H](O)[C@H](Cc3ccccc3)NC(=O)[C@@H](N3CCN(Cc4cccc(C)n4)C3=O)C(C)(C)C)NC(=O)[C@@H](NC(=O)O)C(C)(C)C)cc2)nc1. The van der Waals surface area contributed by atoms with E-state index in [1.807, 2.05) is 126 Å². The third-order valence-electron chi connectivity index (χ3n) is 10.8. The Balaban J connectivity index is 1.41. The number of carbonyl (C=O) groups is 4. The average Bonchev–Trinajstić information content (AvgIpc) is 3.51. The molecule has 1 aliphatic heterocycles. The van der Waals surface area contributed by atoms with E-state index in [0.29, 0.717) is 26.1 Å². The number of aryl methyl sites for hydroxylation is 2. The number of aliphatic hydroxyl groups is 1. The van der Waals surface area contributed by atoms with Gasteiger partial charge in [-0.15, -0.1) is 0 Å². The van der Waals surface area contributed by atoms with Crippen LogP contribution in [-0.2, 0) is 29.0 Å². The van der Waals surface area contributed by atoms with E-state index in [-0.39, 0.29) is 18.9 Å². The fraction of sp³-hybridized carbons (Fsp3) is 0.447. The smallest absolute Gasteiger partial charge is 0.405 e. The second kappa shape index (κ2) is 19.5. The van der Waals surface area contributed by atoms with Crippen LogP contribution in [0.3, 0.4) is 0 Å². The van der Waals surface area contributed by atoms with Gasteiger partial charge in [0.25, 0.3) is 0 Å². The number of hydrogen-bond donors (Lipinski definition) is 5. The van der Waals surface area contributed by atoms with Gasteiger partial charge >= 0.3 is 12.1 Å². The lowest BCUT2D eigenvalue weighted by Crippen LogP contribution is -2.59. The molecular weight excluding hydrogens is 759 g/mol. The van der Waals surface area contributed by atoms with Crippen molar-refractivity contribution in [2.75, 3.05) is 13.1 Å². The number of nitrogens with zero attached hydrogens (tertiary/aromatic N) is 4. The van der Waals surface area contributed by atoms with Crippen molar-refractivity contribution in [3.05, 3.63) is 119 Å². The Hall–Kier alpha value is -5.82. The van der Waals surface area contributed by atoms with Crippen molar-refractivity contribution >= 4 is 23.9 Å². The molecule has 5 rings (SSSR count). The summed E-state index contributed by atoms with van der Waals surface area (Å²) in [4.78, 5) is 66.6. The Labute approximate surface area is 354 Å². The molecular formula is C47H61N7O6. The Kier molecular flexibility index (Phi) is 14.7. The summed E-state index contributed by atoms with van der Waals surface area (Å²) in [6.07, 6.45) is -0.0903. The molecule has 13 nitrogen and oxygen atoms in total. The highest BCUT2D eigenvalue weighted by molar-refractivity contribution is 5.89. The molecule has 0 radical (unpaired) electrons. The van der Waals surface area contributed by atoms with Crippen molar-refractivity contribution in [1.29, 1.82) is 0 Å². The molecule has 0 unspecified atom stereocenters. The number of aliphatic hydroxyl groups excluding tert-OH is 1. The molecule has 4 aromatic rings. The van der Waals surface area contributed by atoms with Crippen LogP contribution >= 0.6 is 0 Å². The maximum Gasteiger partial charge on any atom is 0.405 e. The van der Waals surface area contributed by atoms with Crippen molar-refractivity contribution < 1.29 is 29.4 Å². The van der Waals surface area contributed by atoms with E-state index in [2.05, 4.69) is 25.9 Å². The lowest BCUT2D eigenvalue weighted by Gasteiger charge is -2.38. The Morgan fingerprint density at radius 2 is 1.45 bits per heavy atom. The first-order valence-electron chi connectivity index (χ1n) is 20.6. The average molecular weight is 820 g/mol. The first-order valence-corrected chi connectivity index (χ1v) is 20.6. The number of carboxylic acid groups (broad SMARTS) is 1. The summed E-state index contributed by atoms with van der Waals surface area (Å²) in [5, 5.41) is 30.4. The van der Waals surface area contributed by atoms with Gasteiger partial charge in [-0.1, -0.05) is 108 Å². The Morgan fingerprint density at radius 1 is 0.767 bits per heavy atom. The number of rotatable bonds is 16. The van der Waals surface area contributed by atoms with Crippen LogP contribution in [0.2, 0.25) is 0 Å². The predicted molar refractivity (Wildman–Crippen MR) is 232 cm³/mol. The first-order chi connectivity index (χ1) is 28.3. The largest absolute Gasteiger partial charge is 0.465 e. The molecule has 2 aromatic carbocycles. The van der Waals surface area contributed by atoms with Crippen molar-refractivity contribution in [3.63, 3.8) is 0 Å². The molecule has 60 heavy (non-hydrogen) atoms. The normalized spacial score (nSPS) is 15.8. The van der Waals surface area contributed by atoms with Gasteiger partial charge in [-0.3, -0.25) is 19.6 Å². The van der Waals surface area contributed by atoms with Crippen LogP contribution in [-0.4, -0.2) is 97.3 Å². The summed E-state index contributed by atoms with van der Waals surface area (Å²) in [5.41, 5.74) is 4.72. The molecule has 1 saturated heterocycles. The second-order valence-electron chi connectivity index (χ2n) is 18.1. The number of amides is 5. The summed E-state index contributed by atoms with van der Waals surface area (Å²) >= 11 is 0. The van der Waals surface area contributed by atoms with E-state index in [1.165, 1.54) is 0 Å². The summed E-state index contributed by atoms with van der Waals surface area (Å²) in [5.74, 6) is -0.928. The molecule has 1 fully saturated rings. The summed E-state index contributed by atoms with van der Waals surface area (Å²) in [6, 6.07) is 23.2. The zero-order valence-corrected chi connectivity index (χ0v) is 36.1. The van der Waals surface area contributed by atoms with Gasteiger partial charge in [0, 0.05) is 36.6 Å². The molecule has 2 aromatic heterocycles. The number of carbonyl (C=O) groups excluding carboxylic acids is 3. The highest BCUT2D eigenvalue weighted by Gasteiger charge is 2.44. The van der Waals surface area contributed by atoms with Crippen LogP contribution in [0.4, 0.5) is 9.59 Å². The Bertz CT molecular complexity index is 2080. The van der Waals surface area contributed by atoms with E-state index in [0.717, 1.165) is 39.3 Å². The lowest BCUT2D eigenvalue weighted by atomic mass is 9.84. The standard InChI is InChI=1S/C47H61N7O6/c1-30-17-22-37(48-28-30)34-20-18-33(19-21-34)25-36(50-42(56)40(46(3,4)5)52-44(58)59)27-39(55)38(26-32-14-10-9-11-15-32)51-43(57)41(47(6,7)8)54-24-23-53(45(54)60)29-35-16-12-13-31(2)49-35/h9-22,28,36,38-41,52,55H,23-27,29H2,1-8H3,(H,50,56)(H,51,57)(H,58,59)/t36-,38+,39+,40-,41-/m1/s1. The predicted octanol–water partition coefficient (Wildman–Crippen LogP) is 6.30. The van der Waals surface area contributed by atoms with Crippen LogP contribution < -0.4 is 16.0 Å². The fourth-order valence-electron chi connectivity index (χ4n) is 7.75. The van der Waals surface area contributed by atoms with E-state index < -0.39 is 59.0 Å². The molecule has 0 aliphatic carbocycles. The number of pyridine rings is 2. The maximum atomic E-state index is 14.6. The quantitative estimate of drug-likeness (QED) is 0.0875. The molecule has 0 bridgehead atoms. The van der Waals surface area contributed by atoms with Gasteiger partial charge in [-0.25, -0.2) is 9.59 Å². The molecule has 3 heterocycles. The molecule has 5 amide bonds. The fourth-order valence-corrected chi connectivity index (χ4v) is 7.75. The van der Waals surface area contributed by atoms with Gasteiger partial charge in [0.2, 0.25) is 11.8 Å². The van der Waals surface area contributed by atoms with Gasteiger partial charge in [0.05, 0.1) is 30.1 Å². The van der Waals surface area contributed by atoms with Crippen LogP contribution in [0.1, 0.15) is 76.0 Å². The molecule has 0 spiro atoms. The van der Waals surface area contributed by atoms with Crippen molar-refractivity contribution in [2.45, 2.75) is 111 Å². The zero-order valence-electron chi connectivity index (χ0n) is 36.1. The Morgan fingerprint density at radius 3 is 2.05 bits per heavy atom. The van der Waals surface area contributed by atoms with E-state index in [9.17, 15) is 29.4 Å². The van der Waals surface area contributed by atoms with Crippen LogP contribution in [0.5, 0.6) is 0 Å². The third kappa shape index (κ3) is 12.4. The van der Waals surface area contributed by atoms with Crippen LogP contribution in [0.15, 0.2) is 91.1 Å². The van der Waals surface area contributed by atoms with Crippen molar-refractivity contribution in [2.24, 2.45) is 10.8 Å². The van der Waals surface area contributed by atoms with E-state index >= 15 is 0 Å². The molecule has 5 N–H and O–H groups in total. The van der Waals surface area contributed by atoms with Gasteiger partial charge < -0.3 is 36.0 Å². The minimum absolute atomic E-state index is 0.0226. The second-order valence-corrected chi connectivity index (χ2v) is 18.1. The summed E-state index contributed by atoms with van der Waals surface area (Å²) in [6.45, 7) is 16.0. The molecule has 1 aliphatic rings. The minimum atomic E-state index is -1.33. The lowest BCUT2D eigenvalue weighted by molar-refractivity contribution is -0.131. The zero-order chi connectivity index (χ0) is 43.8. The summed E-state index contributed by atoms with van der Waals surface area (Å²) < 4.78 is 0. The number of aromatic nitrogens is 2. The van der Waals surface area contributed by atoms with Gasteiger partial charge in [0.15, 0.2) is 0 Å². The number of urea groups is 1. The molecule has 0 saturated carbocycles. The van der Waals surface area contributed by atoms with Gasteiger partial charge in [-0.2, -0.15) is 0 Å². The van der Waals surface area contributed by atoms with E-state index in [4.69, 9.17) is 0 Å².